The van der Waals surface area contributed by atoms with Crippen molar-refractivity contribution in [1.82, 2.24) is 24.1 Å². The summed E-state index contributed by atoms with van der Waals surface area (Å²) in [6, 6.07) is 9.22. The minimum atomic E-state index is -0.531. The highest BCUT2D eigenvalue weighted by Gasteiger charge is 2.14. The van der Waals surface area contributed by atoms with Gasteiger partial charge in [-0.25, -0.2) is 14.4 Å². The average Bonchev–Trinajstić information content (AvgIpc) is 3.19. The Kier molecular flexibility index (Phi) is 3.76. The van der Waals surface area contributed by atoms with Crippen LogP contribution in [0.4, 0.5) is 8.78 Å². The summed E-state index contributed by atoms with van der Waals surface area (Å²) in [5.74, 6) is 0.545. The molecule has 3 aromatic heterocycles. The summed E-state index contributed by atoms with van der Waals surface area (Å²) >= 11 is 0. The van der Waals surface area contributed by atoms with E-state index in [1.54, 1.807) is 18.3 Å². The summed E-state index contributed by atoms with van der Waals surface area (Å²) in [5, 5.41) is 0. The molecule has 0 aliphatic carbocycles. The van der Waals surface area contributed by atoms with E-state index >= 15 is 0 Å². The second kappa shape index (κ2) is 6.08. The Labute approximate surface area is 142 Å². The molecule has 4 rings (SSSR count). The van der Waals surface area contributed by atoms with Crippen LogP contribution in [0.2, 0.25) is 0 Å². The van der Waals surface area contributed by atoms with E-state index in [9.17, 15) is 8.78 Å². The van der Waals surface area contributed by atoms with Gasteiger partial charge >= 0.3 is 0 Å². The SMILES string of the molecule is CCn1c(Cn2ccnc2-c2cccc(F)c2)nc2ccc(F)nc21. The number of aryl methyl sites for hydroxylation is 1. The maximum Gasteiger partial charge on any atom is 0.214 e. The summed E-state index contributed by atoms with van der Waals surface area (Å²) in [6.45, 7) is 3.00. The number of hydrogen-bond donors (Lipinski definition) is 0. The number of pyridine rings is 1. The zero-order valence-corrected chi connectivity index (χ0v) is 13.5. The normalized spacial score (nSPS) is 11.3. The summed E-state index contributed by atoms with van der Waals surface area (Å²) < 4.78 is 30.7. The predicted molar refractivity (Wildman–Crippen MR) is 89.9 cm³/mol. The van der Waals surface area contributed by atoms with Gasteiger partial charge in [-0.2, -0.15) is 9.37 Å². The van der Waals surface area contributed by atoms with Crippen LogP contribution in [0.25, 0.3) is 22.6 Å². The molecule has 3 heterocycles. The molecule has 0 atom stereocenters. The number of imidazole rings is 2. The van der Waals surface area contributed by atoms with Crippen LogP contribution in [0.3, 0.4) is 0 Å². The van der Waals surface area contributed by atoms with Crippen LogP contribution >= 0.6 is 0 Å². The molecule has 0 saturated carbocycles. The van der Waals surface area contributed by atoms with Gasteiger partial charge in [0.25, 0.3) is 0 Å². The van der Waals surface area contributed by atoms with Crippen LogP contribution in [0.15, 0.2) is 48.8 Å². The molecule has 0 fully saturated rings. The third-order valence-corrected chi connectivity index (χ3v) is 4.06. The van der Waals surface area contributed by atoms with Gasteiger partial charge in [-0.1, -0.05) is 12.1 Å². The Bertz CT molecular complexity index is 1050. The van der Waals surface area contributed by atoms with Crippen LogP contribution in [0.1, 0.15) is 12.7 Å². The van der Waals surface area contributed by atoms with Crippen LogP contribution in [-0.4, -0.2) is 24.1 Å². The maximum atomic E-state index is 13.5. The molecule has 0 spiro atoms. The third kappa shape index (κ3) is 2.77. The molecule has 5 nitrogen and oxygen atoms in total. The topological polar surface area (TPSA) is 48.5 Å². The molecule has 0 radical (unpaired) electrons. The Morgan fingerprint density at radius 1 is 1.08 bits per heavy atom. The van der Waals surface area contributed by atoms with Crippen molar-refractivity contribution in [2.45, 2.75) is 20.0 Å². The first-order chi connectivity index (χ1) is 12.2. The monoisotopic (exact) mass is 339 g/mol. The molecule has 25 heavy (non-hydrogen) atoms. The lowest BCUT2D eigenvalue weighted by molar-refractivity contribution is 0.583. The molecule has 0 saturated heterocycles. The van der Waals surface area contributed by atoms with E-state index in [0.717, 1.165) is 5.82 Å². The van der Waals surface area contributed by atoms with E-state index in [-0.39, 0.29) is 5.82 Å². The second-order valence-electron chi connectivity index (χ2n) is 5.64. The standard InChI is InChI=1S/C18H15F2N5/c1-2-25-16(22-14-6-7-15(20)23-18(14)25)11-24-9-8-21-17(24)12-4-3-5-13(19)10-12/h3-10H,2,11H2,1H3. The highest BCUT2D eigenvalue weighted by Crippen LogP contribution is 2.21. The van der Waals surface area contributed by atoms with Crippen LogP contribution in [0, 0.1) is 11.8 Å². The minimum Gasteiger partial charge on any atom is -0.323 e. The van der Waals surface area contributed by atoms with Crippen molar-refractivity contribution in [3.8, 4) is 11.4 Å². The lowest BCUT2D eigenvalue weighted by atomic mass is 10.2. The van der Waals surface area contributed by atoms with Gasteiger partial charge in [-0.15, -0.1) is 0 Å². The Morgan fingerprint density at radius 3 is 2.76 bits per heavy atom. The fourth-order valence-electron chi connectivity index (χ4n) is 2.96. The number of fused-ring (bicyclic) bond motifs is 1. The molecule has 4 aromatic rings. The highest BCUT2D eigenvalue weighted by atomic mass is 19.1. The Morgan fingerprint density at radius 2 is 1.96 bits per heavy atom. The first-order valence-corrected chi connectivity index (χ1v) is 7.94. The molecule has 0 N–H and O–H groups in total. The van der Waals surface area contributed by atoms with Crippen molar-refractivity contribution in [2.75, 3.05) is 0 Å². The quantitative estimate of drug-likeness (QED) is 0.533. The van der Waals surface area contributed by atoms with Gasteiger partial charge in [0.1, 0.15) is 23.0 Å². The van der Waals surface area contributed by atoms with Gasteiger partial charge in [0, 0.05) is 24.5 Å². The molecule has 0 unspecified atom stereocenters. The molecule has 7 heteroatoms. The van der Waals surface area contributed by atoms with Crippen molar-refractivity contribution in [2.24, 2.45) is 0 Å². The molecular weight excluding hydrogens is 324 g/mol. The molecule has 0 bridgehead atoms. The zero-order chi connectivity index (χ0) is 17.4. The Balaban J connectivity index is 1.77. The number of nitrogens with zero attached hydrogens (tertiary/aromatic N) is 5. The van der Waals surface area contributed by atoms with Crippen LogP contribution in [-0.2, 0) is 13.1 Å². The third-order valence-electron chi connectivity index (χ3n) is 4.06. The number of halogens is 2. The molecule has 0 aliphatic heterocycles. The fraction of sp³-hybridized carbons (Fsp3) is 0.167. The lowest BCUT2D eigenvalue weighted by Crippen LogP contribution is -2.09. The van der Waals surface area contributed by atoms with E-state index < -0.39 is 5.95 Å². The number of benzene rings is 1. The fourth-order valence-corrected chi connectivity index (χ4v) is 2.96. The van der Waals surface area contributed by atoms with Gasteiger partial charge in [-0.05, 0) is 31.2 Å². The highest BCUT2D eigenvalue weighted by molar-refractivity contribution is 5.71. The summed E-state index contributed by atoms with van der Waals surface area (Å²) in [6.07, 6.45) is 3.48. The molecule has 1 aromatic carbocycles. The number of rotatable bonds is 4. The van der Waals surface area contributed by atoms with Crippen molar-refractivity contribution in [3.63, 3.8) is 0 Å². The minimum absolute atomic E-state index is 0.312. The molecular formula is C18H15F2N5. The summed E-state index contributed by atoms with van der Waals surface area (Å²) in [4.78, 5) is 12.8. The van der Waals surface area contributed by atoms with Gasteiger partial charge in [0.15, 0.2) is 5.65 Å². The first kappa shape index (κ1) is 15.4. The first-order valence-electron chi connectivity index (χ1n) is 7.94. The number of aromatic nitrogens is 5. The smallest absolute Gasteiger partial charge is 0.214 e. The predicted octanol–water partition coefficient (Wildman–Crippen LogP) is 3.64. The van der Waals surface area contributed by atoms with E-state index in [0.29, 0.717) is 35.6 Å². The van der Waals surface area contributed by atoms with Crippen LogP contribution in [0.5, 0.6) is 0 Å². The molecule has 126 valence electrons. The summed E-state index contributed by atoms with van der Waals surface area (Å²) in [5.41, 5.74) is 1.85. The van der Waals surface area contributed by atoms with Gasteiger partial charge in [0.2, 0.25) is 5.95 Å². The van der Waals surface area contributed by atoms with Gasteiger partial charge < -0.3 is 9.13 Å². The van der Waals surface area contributed by atoms with E-state index in [2.05, 4.69) is 15.0 Å². The number of hydrogen-bond acceptors (Lipinski definition) is 3. The maximum absolute atomic E-state index is 13.5. The second-order valence-corrected chi connectivity index (χ2v) is 5.64. The summed E-state index contributed by atoms with van der Waals surface area (Å²) in [7, 11) is 0. The van der Waals surface area contributed by atoms with Crippen molar-refractivity contribution < 1.29 is 8.78 Å². The molecule has 0 aliphatic rings. The van der Waals surface area contributed by atoms with Crippen molar-refractivity contribution in [3.05, 3.63) is 66.4 Å². The van der Waals surface area contributed by atoms with E-state index in [4.69, 9.17) is 0 Å². The van der Waals surface area contributed by atoms with Crippen molar-refractivity contribution in [1.29, 1.82) is 0 Å². The van der Waals surface area contributed by atoms with Crippen molar-refractivity contribution >= 4 is 11.2 Å². The van der Waals surface area contributed by atoms with Gasteiger partial charge in [-0.3, -0.25) is 0 Å². The lowest BCUT2D eigenvalue weighted by Gasteiger charge is -2.09. The van der Waals surface area contributed by atoms with Crippen LogP contribution < -0.4 is 0 Å². The molecule has 0 amide bonds. The van der Waals surface area contributed by atoms with E-state index in [1.165, 1.54) is 18.2 Å². The largest absolute Gasteiger partial charge is 0.323 e. The van der Waals surface area contributed by atoms with E-state index in [1.807, 2.05) is 28.3 Å². The Hall–Kier alpha value is -3.09. The average molecular weight is 339 g/mol. The van der Waals surface area contributed by atoms with Gasteiger partial charge in [0.05, 0.1) is 6.54 Å². The zero-order valence-electron chi connectivity index (χ0n) is 13.5.